The van der Waals surface area contributed by atoms with Gasteiger partial charge < -0.3 is 0 Å². The van der Waals surface area contributed by atoms with Crippen LogP contribution in [-0.2, 0) is 5.88 Å². The minimum Gasteiger partial charge on any atom is -0.133 e. The van der Waals surface area contributed by atoms with Gasteiger partial charge in [-0.1, -0.05) is 15.9 Å². The van der Waals surface area contributed by atoms with E-state index in [1.165, 1.54) is 10.1 Å². The minimum absolute atomic E-state index is 0.530. The molecule has 0 fully saturated rings. The Morgan fingerprint density at radius 3 is 2.92 bits per heavy atom. The number of benzene rings is 1. The molecule has 0 aliphatic carbocycles. The largest absolute Gasteiger partial charge is 0.133 e. The molecule has 1 heterocycles. The molecule has 0 radical (unpaired) electrons. The van der Waals surface area contributed by atoms with Gasteiger partial charge in [-0.25, -0.2) is 0 Å². The van der Waals surface area contributed by atoms with Crippen molar-refractivity contribution in [3.8, 4) is 0 Å². The van der Waals surface area contributed by atoms with Crippen LogP contribution in [0, 0.1) is 0 Å². The van der Waals surface area contributed by atoms with E-state index in [0.29, 0.717) is 5.88 Å². The Balaban J connectivity index is 2.82. The Morgan fingerprint density at radius 1 is 1.46 bits per heavy atom. The Labute approximate surface area is 99.4 Å². The van der Waals surface area contributed by atoms with Gasteiger partial charge in [-0.15, -0.1) is 35.6 Å². The Kier molecular flexibility index (Phi) is 2.88. The highest BCUT2D eigenvalue weighted by Crippen LogP contribution is 2.34. The van der Waals surface area contributed by atoms with Crippen molar-refractivity contribution in [2.75, 3.05) is 0 Å². The van der Waals surface area contributed by atoms with E-state index in [9.17, 15) is 0 Å². The van der Waals surface area contributed by atoms with Crippen molar-refractivity contribution < 1.29 is 0 Å². The van der Waals surface area contributed by atoms with Crippen LogP contribution in [0.5, 0.6) is 0 Å². The van der Waals surface area contributed by atoms with Crippen LogP contribution in [0.2, 0.25) is 0 Å². The second-order valence-corrected chi connectivity index (χ2v) is 5.65. The van der Waals surface area contributed by atoms with Crippen molar-refractivity contribution in [3.63, 3.8) is 0 Å². The number of hydrogen-bond acceptors (Lipinski definition) is 2. The van der Waals surface area contributed by atoms with Gasteiger partial charge in [-0.3, -0.25) is 0 Å². The van der Waals surface area contributed by atoms with Crippen LogP contribution in [-0.4, -0.2) is 0 Å². The average Bonchev–Trinajstić information content (AvgIpc) is 2.45. The summed E-state index contributed by atoms with van der Waals surface area (Å²) in [5.74, 6) is 0.530. The predicted octanol–water partition coefficient (Wildman–Crippen LogP) is 4.69. The molecule has 0 bridgehead atoms. The van der Waals surface area contributed by atoms with E-state index in [4.69, 9.17) is 11.6 Å². The molecule has 1 aromatic heterocycles. The first-order valence-corrected chi connectivity index (χ1v) is 6.27. The zero-order valence-electron chi connectivity index (χ0n) is 6.55. The third kappa shape index (κ3) is 1.75. The van der Waals surface area contributed by atoms with Crippen LogP contribution < -0.4 is 0 Å². The van der Waals surface area contributed by atoms with Crippen LogP contribution in [0.1, 0.15) is 5.56 Å². The topological polar surface area (TPSA) is 0 Å². The van der Waals surface area contributed by atoms with E-state index in [1.54, 1.807) is 11.3 Å². The minimum atomic E-state index is 0.530. The van der Waals surface area contributed by atoms with Gasteiger partial charge in [-0.2, -0.15) is 0 Å². The number of rotatable bonds is 1. The highest BCUT2D eigenvalue weighted by molar-refractivity contribution is 9.10. The van der Waals surface area contributed by atoms with E-state index < -0.39 is 0 Å². The molecule has 4 heteroatoms. The van der Waals surface area contributed by atoms with Gasteiger partial charge in [0.1, 0.15) is 0 Å². The first-order valence-electron chi connectivity index (χ1n) is 3.68. The van der Waals surface area contributed by atoms with Crippen LogP contribution >= 0.6 is 51.5 Å². The molecule has 0 spiro atoms. The van der Waals surface area contributed by atoms with Crippen molar-refractivity contribution in [1.82, 2.24) is 0 Å². The standard InChI is InChI=1S/C9H6BrClS2/c10-7-1-2-8-5(6(7)4-11)3-9(12)13-8/h1-3,12H,4H2. The van der Waals surface area contributed by atoms with Crippen molar-refractivity contribution in [3.05, 3.63) is 28.2 Å². The van der Waals surface area contributed by atoms with E-state index in [-0.39, 0.29) is 0 Å². The van der Waals surface area contributed by atoms with Crippen LogP contribution in [0.15, 0.2) is 26.9 Å². The fourth-order valence-corrected chi connectivity index (χ4v) is 3.45. The Hall–Kier alpha value is 0.300. The van der Waals surface area contributed by atoms with Gasteiger partial charge in [0.15, 0.2) is 0 Å². The molecule has 0 unspecified atom stereocenters. The summed E-state index contributed by atoms with van der Waals surface area (Å²) in [7, 11) is 0. The lowest BCUT2D eigenvalue weighted by Gasteiger charge is -2.00. The molecule has 0 atom stereocenters. The molecular weight excluding hydrogens is 288 g/mol. The van der Waals surface area contributed by atoms with Gasteiger partial charge in [0.2, 0.25) is 0 Å². The maximum Gasteiger partial charge on any atom is 0.0580 e. The maximum atomic E-state index is 5.87. The molecule has 1 aromatic carbocycles. The fraction of sp³-hybridized carbons (Fsp3) is 0.111. The number of halogens is 2. The number of thiophene rings is 1. The number of hydrogen-bond donors (Lipinski definition) is 1. The van der Waals surface area contributed by atoms with Gasteiger partial charge >= 0.3 is 0 Å². The molecule has 0 aliphatic rings. The lowest BCUT2D eigenvalue weighted by atomic mass is 10.1. The van der Waals surface area contributed by atoms with Gasteiger partial charge in [0.05, 0.1) is 4.21 Å². The summed E-state index contributed by atoms with van der Waals surface area (Å²) in [6.07, 6.45) is 0. The van der Waals surface area contributed by atoms with Crippen LogP contribution in [0.4, 0.5) is 0 Å². The maximum absolute atomic E-state index is 5.87. The molecule has 0 aliphatic heterocycles. The molecule has 68 valence electrons. The first-order chi connectivity index (χ1) is 6.22. The molecular formula is C9H6BrClS2. The first kappa shape index (κ1) is 9.84. The van der Waals surface area contributed by atoms with E-state index in [1.807, 2.05) is 6.07 Å². The summed E-state index contributed by atoms with van der Waals surface area (Å²) < 4.78 is 3.34. The van der Waals surface area contributed by atoms with Crippen molar-refractivity contribution in [2.45, 2.75) is 10.1 Å². The zero-order chi connectivity index (χ0) is 9.42. The number of alkyl halides is 1. The molecule has 13 heavy (non-hydrogen) atoms. The smallest absolute Gasteiger partial charge is 0.0580 e. The summed E-state index contributed by atoms with van der Waals surface area (Å²) >= 11 is 15.4. The highest BCUT2D eigenvalue weighted by atomic mass is 79.9. The molecule has 2 rings (SSSR count). The van der Waals surface area contributed by atoms with E-state index in [2.05, 4.69) is 40.7 Å². The predicted molar refractivity (Wildman–Crippen MR) is 66.3 cm³/mol. The van der Waals surface area contributed by atoms with Crippen molar-refractivity contribution >= 4 is 61.6 Å². The fourth-order valence-electron chi connectivity index (χ4n) is 1.27. The van der Waals surface area contributed by atoms with Crippen LogP contribution in [0.25, 0.3) is 10.1 Å². The van der Waals surface area contributed by atoms with E-state index >= 15 is 0 Å². The Bertz CT molecular complexity index is 450. The number of thiol groups is 1. The zero-order valence-corrected chi connectivity index (χ0v) is 10.6. The van der Waals surface area contributed by atoms with Crippen molar-refractivity contribution in [2.24, 2.45) is 0 Å². The molecule has 2 aromatic rings. The summed E-state index contributed by atoms with van der Waals surface area (Å²) in [5.41, 5.74) is 1.15. The van der Waals surface area contributed by atoms with Gasteiger partial charge in [0.25, 0.3) is 0 Å². The third-order valence-corrected chi connectivity index (χ3v) is 4.19. The quantitative estimate of drug-likeness (QED) is 0.572. The Morgan fingerprint density at radius 2 is 2.23 bits per heavy atom. The summed E-state index contributed by atoms with van der Waals surface area (Å²) in [4.78, 5) is 0. The highest BCUT2D eigenvalue weighted by Gasteiger charge is 2.07. The third-order valence-electron chi connectivity index (χ3n) is 1.88. The number of fused-ring (bicyclic) bond motifs is 1. The SMILES string of the molecule is Sc1cc2c(CCl)c(Br)ccc2s1. The summed E-state index contributed by atoms with van der Waals surface area (Å²) in [6, 6.07) is 6.18. The molecule has 0 nitrogen and oxygen atoms in total. The van der Waals surface area contributed by atoms with Crippen molar-refractivity contribution in [1.29, 1.82) is 0 Å². The molecule has 0 saturated carbocycles. The van der Waals surface area contributed by atoms with Crippen LogP contribution in [0.3, 0.4) is 0 Å². The van der Waals surface area contributed by atoms with Gasteiger partial charge in [-0.05, 0) is 29.1 Å². The second-order valence-electron chi connectivity index (χ2n) is 2.66. The summed E-state index contributed by atoms with van der Waals surface area (Å²) in [5, 5.41) is 1.21. The van der Waals surface area contributed by atoms with Gasteiger partial charge in [0, 0.05) is 15.1 Å². The lowest BCUT2D eigenvalue weighted by Crippen LogP contribution is -1.80. The molecule has 0 amide bonds. The average molecular weight is 294 g/mol. The monoisotopic (exact) mass is 292 g/mol. The van der Waals surface area contributed by atoms with E-state index in [0.717, 1.165) is 14.2 Å². The second kappa shape index (κ2) is 3.81. The summed E-state index contributed by atoms with van der Waals surface area (Å²) in [6.45, 7) is 0. The molecule has 0 N–H and O–H groups in total. The molecule has 0 saturated heterocycles. The lowest BCUT2D eigenvalue weighted by molar-refractivity contribution is 1.42. The normalized spacial score (nSPS) is 11.0.